The fraction of sp³-hybridized carbons (Fsp3) is 0.333. The van der Waals surface area contributed by atoms with Crippen LogP contribution in [0.15, 0.2) is 12.1 Å². The third-order valence-corrected chi connectivity index (χ3v) is 2.29. The van der Waals surface area contributed by atoms with Crippen LogP contribution in [0.5, 0.6) is 0 Å². The van der Waals surface area contributed by atoms with Gasteiger partial charge in [0.05, 0.1) is 25.0 Å². The number of halogens is 2. The van der Waals surface area contributed by atoms with Crippen LogP contribution in [-0.2, 0) is 14.3 Å². The van der Waals surface area contributed by atoms with Crippen molar-refractivity contribution in [1.29, 1.82) is 0 Å². The van der Waals surface area contributed by atoms with E-state index in [9.17, 15) is 18.4 Å². The molecule has 1 aromatic carbocycles. The van der Waals surface area contributed by atoms with Crippen LogP contribution in [0.2, 0.25) is 0 Å². The van der Waals surface area contributed by atoms with Crippen molar-refractivity contribution in [3.05, 3.63) is 29.3 Å². The maximum atomic E-state index is 13.6. The highest BCUT2D eigenvalue weighted by molar-refractivity contribution is 5.90. The van der Waals surface area contributed by atoms with Crippen LogP contribution >= 0.6 is 0 Å². The second-order valence-electron chi connectivity index (χ2n) is 3.73. The molecule has 6 nitrogen and oxygen atoms in total. The van der Waals surface area contributed by atoms with E-state index < -0.39 is 29.1 Å². The van der Waals surface area contributed by atoms with E-state index in [-0.39, 0.29) is 25.4 Å². The highest BCUT2D eigenvalue weighted by atomic mass is 19.2. The molecule has 0 fully saturated rings. The number of nitrogens with one attached hydrogen (secondary N) is 1. The standard InChI is InChI=1S/C12H14F2N2O4/c1-19-12(18)7-2-3-8(11(14)10(7)13)16-4-5-20-6-9(15)17/h2-3,16H,4-6H2,1H3,(H2,15,17). The third-order valence-electron chi connectivity index (χ3n) is 2.29. The molecule has 0 saturated carbocycles. The fourth-order valence-corrected chi connectivity index (χ4v) is 1.38. The highest BCUT2D eigenvalue weighted by Gasteiger charge is 2.18. The first-order valence-corrected chi connectivity index (χ1v) is 5.63. The first kappa shape index (κ1) is 15.8. The molecule has 0 aliphatic heterocycles. The molecule has 1 rings (SSSR count). The molecule has 3 N–H and O–H groups in total. The average Bonchev–Trinajstić information content (AvgIpc) is 2.42. The summed E-state index contributed by atoms with van der Waals surface area (Å²) in [6.45, 7) is -0.0240. The lowest BCUT2D eigenvalue weighted by atomic mass is 10.2. The smallest absolute Gasteiger partial charge is 0.340 e. The SMILES string of the molecule is COC(=O)c1ccc(NCCOCC(N)=O)c(F)c1F. The minimum Gasteiger partial charge on any atom is -0.465 e. The maximum Gasteiger partial charge on any atom is 0.340 e. The summed E-state index contributed by atoms with van der Waals surface area (Å²) in [5, 5.41) is 2.57. The number of carbonyl (C=O) groups excluding carboxylic acids is 2. The number of esters is 1. The van der Waals surface area contributed by atoms with Crippen molar-refractivity contribution in [2.24, 2.45) is 5.73 Å². The number of ether oxygens (including phenoxy) is 2. The van der Waals surface area contributed by atoms with Gasteiger partial charge in [0.2, 0.25) is 5.91 Å². The van der Waals surface area contributed by atoms with Gasteiger partial charge in [-0.2, -0.15) is 0 Å². The van der Waals surface area contributed by atoms with E-state index in [2.05, 4.69) is 10.1 Å². The lowest BCUT2D eigenvalue weighted by Crippen LogP contribution is -2.21. The van der Waals surface area contributed by atoms with E-state index in [4.69, 9.17) is 10.5 Å². The molecule has 0 saturated heterocycles. The van der Waals surface area contributed by atoms with E-state index in [0.717, 1.165) is 13.2 Å². The van der Waals surface area contributed by atoms with Gasteiger partial charge in [-0.3, -0.25) is 4.79 Å². The van der Waals surface area contributed by atoms with E-state index in [1.54, 1.807) is 0 Å². The van der Waals surface area contributed by atoms with Gasteiger partial charge in [0.25, 0.3) is 0 Å². The Morgan fingerprint density at radius 3 is 2.60 bits per heavy atom. The molecule has 0 heterocycles. The number of hydrogen-bond acceptors (Lipinski definition) is 5. The molecule has 8 heteroatoms. The van der Waals surface area contributed by atoms with Gasteiger partial charge in [-0.25, -0.2) is 13.6 Å². The van der Waals surface area contributed by atoms with Gasteiger partial charge >= 0.3 is 5.97 Å². The molecule has 1 amide bonds. The zero-order valence-corrected chi connectivity index (χ0v) is 10.7. The summed E-state index contributed by atoms with van der Waals surface area (Å²) in [4.78, 5) is 21.5. The number of amides is 1. The molecule has 110 valence electrons. The largest absolute Gasteiger partial charge is 0.465 e. The summed E-state index contributed by atoms with van der Waals surface area (Å²) in [5.41, 5.74) is 4.24. The first-order chi connectivity index (χ1) is 9.47. The summed E-state index contributed by atoms with van der Waals surface area (Å²) in [5.74, 6) is -4.06. The van der Waals surface area contributed by atoms with Crippen LogP contribution < -0.4 is 11.1 Å². The number of anilines is 1. The number of benzene rings is 1. The second-order valence-corrected chi connectivity index (χ2v) is 3.73. The van der Waals surface area contributed by atoms with E-state index >= 15 is 0 Å². The Hall–Kier alpha value is -2.22. The van der Waals surface area contributed by atoms with Crippen molar-refractivity contribution in [2.45, 2.75) is 0 Å². The van der Waals surface area contributed by atoms with Crippen molar-refractivity contribution in [3.8, 4) is 0 Å². The van der Waals surface area contributed by atoms with Gasteiger partial charge in [0.1, 0.15) is 6.61 Å². The van der Waals surface area contributed by atoms with Crippen molar-refractivity contribution in [2.75, 3.05) is 32.2 Å². The number of nitrogens with two attached hydrogens (primary N) is 1. The summed E-state index contributed by atoms with van der Waals surface area (Å²) in [6.07, 6.45) is 0. The van der Waals surface area contributed by atoms with E-state index in [1.807, 2.05) is 0 Å². The first-order valence-electron chi connectivity index (χ1n) is 5.63. The third kappa shape index (κ3) is 4.16. The topological polar surface area (TPSA) is 90.7 Å². The molecule has 1 aromatic rings. The quantitative estimate of drug-likeness (QED) is 0.568. The van der Waals surface area contributed by atoms with Crippen LogP contribution in [0.1, 0.15) is 10.4 Å². The normalized spacial score (nSPS) is 10.2. The van der Waals surface area contributed by atoms with Gasteiger partial charge in [0.15, 0.2) is 11.6 Å². The Bertz CT molecular complexity index is 508. The van der Waals surface area contributed by atoms with Crippen molar-refractivity contribution < 1.29 is 27.8 Å². The Kier molecular flexibility index (Phi) is 5.85. The zero-order chi connectivity index (χ0) is 15.1. The van der Waals surface area contributed by atoms with Gasteiger partial charge < -0.3 is 20.5 Å². The van der Waals surface area contributed by atoms with Gasteiger partial charge in [-0.05, 0) is 12.1 Å². The fourth-order valence-electron chi connectivity index (χ4n) is 1.38. The number of primary amides is 1. The highest BCUT2D eigenvalue weighted by Crippen LogP contribution is 2.21. The lowest BCUT2D eigenvalue weighted by molar-refractivity contribution is -0.122. The molecule has 0 bridgehead atoms. The minimum atomic E-state index is -1.29. The number of methoxy groups -OCH3 is 1. The minimum absolute atomic E-state index is 0.0861. The molecule has 0 atom stereocenters. The Labute approximate surface area is 113 Å². The molecule has 0 aromatic heterocycles. The second kappa shape index (κ2) is 7.39. The Morgan fingerprint density at radius 2 is 2.00 bits per heavy atom. The summed E-state index contributed by atoms with van der Waals surface area (Å²) < 4.78 is 36.4. The van der Waals surface area contributed by atoms with Crippen molar-refractivity contribution in [1.82, 2.24) is 0 Å². The van der Waals surface area contributed by atoms with Gasteiger partial charge in [-0.15, -0.1) is 0 Å². The van der Waals surface area contributed by atoms with Crippen LogP contribution in [0.25, 0.3) is 0 Å². The average molecular weight is 288 g/mol. The van der Waals surface area contributed by atoms with E-state index in [1.165, 1.54) is 6.07 Å². The molecule has 20 heavy (non-hydrogen) atoms. The number of rotatable bonds is 7. The van der Waals surface area contributed by atoms with Crippen molar-refractivity contribution in [3.63, 3.8) is 0 Å². The maximum absolute atomic E-state index is 13.6. The summed E-state index contributed by atoms with van der Waals surface area (Å²) in [6, 6.07) is 2.32. The predicted molar refractivity (Wildman–Crippen MR) is 66.2 cm³/mol. The van der Waals surface area contributed by atoms with Crippen LogP contribution in [0.3, 0.4) is 0 Å². The Morgan fingerprint density at radius 1 is 1.30 bits per heavy atom. The lowest BCUT2D eigenvalue weighted by Gasteiger charge is -2.10. The number of hydrogen-bond donors (Lipinski definition) is 2. The molecular formula is C12H14F2N2O4. The van der Waals surface area contributed by atoms with Gasteiger partial charge in [-0.1, -0.05) is 0 Å². The molecule has 0 aliphatic carbocycles. The van der Waals surface area contributed by atoms with Crippen molar-refractivity contribution >= 4 is 17.6 Å². The molecule has 0 unspecified atom stereocenters. The zero-order valence-electron chi connectivity index (χ0n) is 10.7. The van der Waals surface area contributed by atoms with Crippen LogP contribution in [-0.4, -0.2) is 38.7 Å². The predicted octanol–water partition coefficient (Wildman–Crippen LogP) is 0.665. The Balaban J connectivity index is 2.62. The van der Waals surface area contributed by atoms with Gasteiger partial charge in [0, 0.05) is 6.54 Å². The number of carbonyl (C=O) groups is 2. The molecule has 0 aliphatic rings. The van der Waals surface area contributed by atoms with Crippen LogP contribution in [0, 0.1) is 11.6 Å². The van der Waals surface area contributed by atoms with E-state index in [0.29, 0.717) is 0 Å². The monoisotopic (exact) mass is 288 g/mol. The molecule has 0 radical (unpaired) electrons. The summed E-state index contributed by atoms with van der Waals surface area (Å²) in [7, 11) is 1.07. The van der Waals surface area contributed by atoms with Crippen LogP contribution in [0.4, 0.5) is 14.5 Å². The molecule has 0 spiro atoms. The molecular weight excluding hydrogens is 274 g/mol. The summed E-state index contributed by atoms with van der Waals surface area (Å²) >= 11 is 0.